The summed E-state index contributed by atoms with van der Waals surface area (Å²) < 4.78 is 0. The van der Waals surface area contributed by atoms with E-state index in [9.17, 15) is 4.79 Å². The van der Waals surface area contributed by atoms with Crippen molar-refractivity contribution in [2.45, 2.75) is 69.7 Å². The first kappa shape index (κ1) is 18.3. The molecule has 0 unspecified atom stereocenters. The van der Waals surface area contributed by atoms with Gasteiger partial charge in [-0.15, -0.1) is 0 Å². The van der Waals surface area contributed by atoms with E-state index in [1.165, 1.54) is 38.5 Å². The molecule has 1 saturated heterocycles. The van der Waals surface area contributed by atoms with E-state index in [0.717, 1.165) is 56.3 Å². The van der Waals surface area contributed by atoms with Crippen LogP contribution in [0.2, 0.25) is 0 Å². The monoisotopic (exact) mass is 365 g/mol. The van der Waals surface area contributed by atoms with Gasteiger partial charge in [0.1, 0.15) is 5.54 Å². The molecule has 0 radical (unpaired) electrons. The molecule has 1 amide bonds. The van der Waals surface area contributed by atoms with Crippen molar-refractivity contribution >= 4 is 11.6 Å². The Morgan fingerprint density at radius 3 is 2.15 bits per heavy atom. The van der Waals surface area contributed by atoms with Crippen LogP contribution in [0.4, 0.5) is 5.69 Å². The van der Waals surface area contributed by atoms with Gasteiger partial charge in [0.15, 0.2) is 0 Å². The molecule has 1 N–H and O–H groups in total. The zero-order chi connectivity index (χ0) is 18.7. The number of hydrogen-bond acceptors (Lipinski definition) is 3. The average molecular weight is 366 g/mol. The summed E-state index contributed by atoms with van der Waals surface area (Å²) >= 11 is 0. The molecule has 0 bridgehead atoms. The quantitative estimate of drug-likeness (QED) is 0.840. The molecule has 1 aliphatic heterocycles. The molecule has 27 heavy (non-hydrogen) atoms. The number of benzene rings is 1. The minimum absolute atomic E-state index is 0.300. The van der Waals surface area contributed by atoms with Gasteiger partial charge in [-0.2, -0.15) is 5.26 Å². The third kappa shape index (κ3) is 3.83. The van der Waals surface area contributed by atoms with Crippen LogP contribution in [-0.2, 0) is 4.79 Å². The first-order valence-corrected chi connectivity index (χ1v) is 10.8. The van der Waals surface area contributed by atoms with Crippen molar-refractivity contribution < 1.29 is 4.79 Å². The highest BCUT2D eigenvalue weighted by Gasteiger charge is 2.44. The van der Waals surface area contributed by atoms with Crippen LogP contribution in [-0.4, -0.2) is 29.4 Å². The number of nitriles is 1. The van der Waals surface area contributed by atoms with E-state index >= 15 is 0 Å². The molecule has 1 aromatic rings. The van der Waals surface area contributed by atoms with Crippen molar-refractivity contribution in [3.05, 3.63) is 29.8 Å². The number of rotatable bonds is 4. The average Bonchev–Trinajstić information content (AvgIpc) is 3.41. The smallest absolute Gasteiger partial charge is 0.248 e. The summed E-state index contributed by atoms with van der Waals surface area (Å²) in [6.07, 6.45) is 12.0. The van der Waals surface area contributed by atoms with Gasteiger partial charge in [-0.05, 0) is 61.8 Å². The van der Waals surface area contributed by atoms with E-state index in [1.54, 1.807) is 0 Å². The second-order valence-corrected chi connectivity index (χ2v) is 8.78. The normalized spacial score (nSPS) is 23.3. The van der Waals surface area contributed by atoms with Crippen LogP contribution < -0.4 is 5.32 Å². The number of likely N-dealkylation sites (tertiary alicyclic amines) is 1. The van der Waals surface area contributed by atoms with Gasteiger partial charge in [0.25, 0.3) is 0 Å². The van der Waals surface area contributed by atoms with Gasteiger partial charge in [0.05, 0.1) is 11.6 Å². The molecule has 2 aliphatic carbocycles. The number of nitrogens with zero attached hydrogens (tertiary/aromatic N) is 2. The predicted molar refractivity (Wildman–Crippen MR) is 107 cm³/mol. The Bertz CT molecular complexity index is 685. The standard InChI is InChI=1S/C23H31N3O/c24-17-18-7-9-21(10-8-18)25-23(13-3-4-14-23)22(27)26-15-11-20(12-16-26)19-5-1-2-6-19/h7-10,19-20,25H,1-6,11-16H2. The first-order chi connectivity index (χ1) is 13.2. The van der Waals surface area contributed by atoms with E-state index in [4.69, 9.17) is 5.26 Å². The molecule has 2 saturated carbocycles. The van der Waals surface area contributed by atoms with Gasteiger partial charge >= 0.3 is 0 Å². The molecule has 0 aromatic heterocycles. The number of nitrogens with one attached hydrogen (secondary N) is 1. The zero-order valence-corrected chi connectivity index (χ0v) is 16.3. The molecule has 4 nitrogen and oxygen atoms in total. The van der Waals surface area contributed by atoms with Crippen molar-refractivity contribution in [1.29, 1.82) is 5.26 Å². The maximum atomic E-state index is 13.5. The highest BCUT2D eigenvalue weighted by Crippen LogP contribution is 2.39. The number of carbonyl (C=O) groups is 1. The zero-order valence-electron chi connectivity index (χ0n) is 16.3. The van der Waals surface area contributed by atoms with Crippen molar-refractivity contribution in [1.82, 2.24) is 4.90 Å². The van der Waals surface area contributed by atoms with Gasteiger partial charge in [-0.25, -0.2) is 0 Å². The van der Waals surface area contributed by atoms with E-state index in [0.29, 0.717) is 11.5 Å². The lowest BCUT2D eigenvalue weighted by atomic mass is 9.82. The highest BCUT2D eigenvalue weighted by molar-refractivity contribution is 5.90. The second kappa shape index (κ2) is 7.92. The Balaban J connectivity index is 1.42. The van der Waals surface area contributed by atoms with Gasteiger partial charge in [-0.3, -0.25) is 4.79 Å². The van der Waals surface area contributed by atoms with E-state index < -0.39 is 5.54 Å². The van der Waals surface area contributed by atoms with Crippen molar-refractivity contribution in [3.8, 4) is 6.07 Å². The Hall–Kier alpha value is -2.02. The van der Waals surface area contributed by atoms with Crippen molar-refractivity contribution in [3.63, 3.8) is 0 Å². The Kier molecular flexibility index (Phi) is 5.38. The molecule has 3 aliphatic rings. The SMILES string of the molecule is N#Cc1ccc(NC2(C(=O)N3CCC(C4CCCC4)CC3)CCCC2)cc1. The predicted octanol–water partition coefficient (Wildman–Crippen LogP) is 4.71. The van der Waals surface area contributed by atoms with Crippen LogP contribution in [0.15, 0.2) is 24.3 Å². The summed E-state index contributed by atoms with van der Waals surface area (Å²) in [6.45, 7) is 1.85. The van der Waals surface area contributed by atoms with Crippen LogP contribution in [0.1, 0.15) is 69.8 Å². The van der Waals surface area contributed by atoms with E-state index in [-0.39, 0.29) is 0 Å². The van der Waals surface area contributed by atoms with Crippen LogP contribution >= 0.6 is 0 Å². The third-order valence-electron chi connectivity index (χ3n) is 7.16. The minimum Gasteiger partial charge on any atom is -0.371 e. The fourth-order valence-electron chi connectivity index (χ4n) is 5.58. The molecular formula is C23H31N3O. The molecule has 4 heteroatoms. The van der Waals surface area contributed by atoms with Crippen molar-refractivity contribution in [2.24, 2.45) is 11.8 Å². The lowest BCUT2D eigenvalue weighted by molar-refractivity contribution is -0.137. The summed E-state index contributed by atoms with van der Waals surface area (Å²) in [6, 6.07) is 9.66. The number of piperidine rings is 1. The first-order valence-electron chi connectivity index (χ1n) is 10.8. The van der Waals surface area contributed by atoms with E-state index in [2.05, 4.69) is 16.3 Å². The number of carbonyl (C=O) groups excluding carboxylic acids is 1. The number of amides is 1. The molecule has 0 spiro atoms. The summed E-state index contributed by atoms with van der Waals surface area (Å²) in [5.41, 5.74) is 1.15. The lowest BCUT2D eigenvalue weighted by Gasteiger charge is -2.40. The van der Waals surface area contributed by atoms with E-state index in [1.807, 2.05) is 24.3 Å². The highest BCUT2D eigenvalue weighted by atomic mass is 16.2. The van der Waals surface area contributed by atoms with Crippen LogP contribution in [0, 0.1) is 23.2 Å². The van der Waals surface area contributed by atoms with Gasteiger partial charge < -0.3 is 10.2 Å². The third-order valence-corrected chi connectivity index (χ3v) is 7.16. The Morgan fingerprint density at radius 1 is 0.963 bits per heavy atom. The van der Waals surface area contributed by atoms with Crippen LogP contribution in [0.3, 0.4) is 0 Å². The summed E-state index contributed by atoms with van der Waals surface area (Å²) in [4.78, 5) is 15.6. The van der Waals surface area contributed by atoms with Gasteiger partial charge in [0.2, 0.25) is 5.91 Å². The summed E-state index contributed by atoms with van der Waals surface area (Å²) in [7, 11) is 0. The number of hydrogen-bond donors (Lipinski definition) is 1. The Labute approximate surface area is 162 Å². The topological polar surface area (TPSA) is 56.1 Å². The summed E-state index contributed by atoms with van der Waals surface area (Å²) in [5.74, 6) is 2.05. The Morgan fingerprint density at radius 2 is 1.56 bits per heavy atom. The lowest BCUT2D eigenvalue weighted by Crippen LogP contribution is -2.54. The largest absolute Gasteiger partial charge is 0.371 e. The molecule has 4 rings (SSSR count). The summed E-state index contributed by atoms with van der Waals surface area (Å²) in [5, 5.41) is 12.6. The minimum atomic E-state index is -0.450. The molecule has 3 fully saturated rings. The second-order valence-electron chi connectivity index (χ2n) is 8.78. The molecular weight excluding hydrogens is 334 g/mol. The maximum Gasteiger partial charge on any atom is 0.248 e. The molecule has 1 heterocycles. The molecule has 0 atom stereocenters. The van der Waals surface area contributed by atoms with Gasteiger partial charge in [-0.1, -0.05) is 38.5 Å². The fourth-order valence-corrected chi connectivity index (χ4v) is 5.58. The van der Waals surface area contributed by atoms with Crippen molar-refractivity contribution in [2.75, 3.05) is 18.4 Å². The van der Waals surface area contributed by atoms with Crippen LogP contribution in [0.25, 0.3) is 0 Å². The fraction of sp³-hybridized carbons (Fsp3) is 0.652. The van der Waals surface area contributed by atoms with Crippen LogP contribution in [0.5, 0.6) is 0 Å². The number of anilines is 1. The molecule has 144 valence electrons. The molecule has 1 aromatic carbocycles. The van der Waals surface area contributed by atoms with Gasteiger partial charge in [0, 0.05) is 18.8 Å². The maximum absolute atomic E-state index is 13.5.